The van der Waals surface area contributed by atoms with Gasteiger partial charge in [0.1, 0.15) is 5.82 Å². The predicted molar refractivity (Wildman–Crippen MR) is 56.4 cm³/mol. The molecule has 0 saturated heterocycles. The summed E-state index contributed by atoms with van der Waals surface area (Å²) in [5, 5.41) is 0.892. The normalized spacial score (nSPS) is 15.8. The van der Waals surface area contributed by atoms with Crippen molar-refractivity contribution in [3.05, 3.63) is 46.6 Å². The third kappa shape index (κ3) is 1.27. The molecule has 0 atom stereocenters. The van der Waals surface area contributed by atoms with Crippen LogP contribution in [0.5, 0.6) is 0 Å². The predicted octanol–water partition coefficient (Wildman–Crippen LogP) is 2.48. The van der Waals surface area contributed by atoms with Crippen molar-refractivity contribution in [2.75, 3.05) is 0 Å². The number of aromatic nitrogens is 1. The fraction of sp³-hybridized carbons (Fsp3) is 0.250. The highest BCUT2D eigenvalue weighted by Crippen LogP contribution is 2.33. The minimum Gasteiger partial charge on any atom is -0.312 e. The van der Waals surface area contributed by atoms with Gasteiger partial charge in [0.2, 0.25) is 0 Å². The molecular formula is C12H10FNO. The fourth-order valence-corrected chi connectivity index (χ4v) is 1.90. The lowest BCUT2D eigenvalue weighted by Crippen LogP contribution is -2.19. The third-order valence-corrected chi connectivity index (χ3v) is 2.85. The molecule has 0 amide bonds. The Hall–Kier alpha value is -1.64. The number of hydrogen-bond donors (Lipinski definition) is 0. The SMILES string of the molecule is O=c1c2c(F)cccc2ccn1C1CC1. The van der Waals surface area contributed by atoms with E-state index in [0.717, 1.165) is 12.8 Å². The number of benzene rings is 1. The van der Waals surface area contributed by atoms with Gasteiger partial charge in [0, 0.05) is 12.2 Å². The van der Waals surface area contributed by atoms with Crippen molar-refractivity contribution >= 4 is 10.8 Å². The van der Waals surface area contributed by atoms with Crippen molar-refractivity contribution < 1.29 is 4.39 Å². The number of nitrogens with zero attached hydrogens (tertiary/aromatic N) is 1. The van der Waals surface area contributed by atoms with Gasteiger partial charge in [-0.05, 0) is 30.4 Å². The molecule has 1 saturated carbocycles. The lowest BCUT2D eigenvalue weighted by Gasteiger charge is -2.05. The van der Waals surface area contributed by atoms with Crippen molar-refractivity contribution in [2.24, 2.45) is 0 Å². The summed E-state index contributed by atoms with van der Waals surface area (Å²) in [6.07, 6.45) is 3.82. The summed E-state index contributed by atoms with van der Waals surface area (Å²) in [5.41, 5.74) is -0.201. The van der Waals surface area contributed by atoms with E-state index in [9.17, 15) is 9.18 Å². The standard InChI is InChI=1S/C12H10FNO/c13-10-3-1-2-8-6-7-14(9-4-5-9)12(15)11(8)10/h1-3,6-7,9H,4-5H2. The first-order valence-electron chi connectivity index (χ1n) is 5.07. The number of halogens is 1. The summed E-state index contributed by atoms with van der Waals surface area (Å²) >= 11 is 0. The number of pyridine rings is 1. The third-order valence-electron chi connectivity index (χ3n) is 2.85. The topological polar surface area (TPSA) is 22.0 Å². The maximum absolute atomic E-state index is 13.5. The van der Waals surface area contributed by atoms with Crippen LogP contribution < -0.4 is 5.56 Å². The first-order valence-corrected chi connectivity index (χ1v) is 5.07. The molecule has 0 N–H and O–H groups in total. The lowest BCUT2D eigenvalue weighted by atomic mass is 10.1. The van der Waals surface area contributed by atoms with Crippen LogP contribution in [0.15, 0.2) is 35.3 Å². The number of fused-ring (bicyclic) bond motifs is 1. The van der Waals surface area contributed by atoms with Gasteiger partial charge in [-0.3, -0.25) is 4.79 Å². The van der Waals surface area contributed by atoms with E-state index in [4.69, 9.17) is 0 Å². The van der Waals surface area contributed by atoms with Crippen LogP contribution in [-0.2, 0) is 0 Å². The van der Waals surface area contributed by atoms with Gasteiger partial charge in [-0.25, -0.2) is 4.39 Å². The van der Waals surface area contributed by atoms with Crippen molar-refractivity contribution in [1.82, 2.24) is 4.57 Å². The molecule has 0 spiro atoms. The van der Waals surface area contributed by atoms with E-state index in [1.165, 1.54) is 6.07 Å². The van der Waals surface area contributed by atoms with Gasteiger partial charge in [-0.1, -0.05) is 12.1 Å². The minimum atomic E-state index is -0.424. The Balaban J connectivity index is 2.40. The number of rotatable bonds is 1. The van der Waals surface area contributed by atoms with E-state index in [1.807, 2.05) is 0 Å². The van der Waals surface area contributed by atoms with Crippen LogP contribution in [-0.4, -0.2) is 4.57 Å². The van der Waals surface area contributed by atoms with Gasteiger partial charge in [0.05, 0.1) is 5.39 Å². The molecule has 0 aliphatic heterocycles. The van der Waals surface area contributed by atoms with Gasteiger partial charge in [0.15, 0.2) is 0 Å². The molecule has 3 heteroatoms. The highest BCUT2D eigenvalue weighted by Gasteiger charge is 2.25. The van der Waals surface area contributed by atoms with Crippen LogP contribution in [0.3, 0.4) is 0 Å². The zero-order chi connectivity index (χ0) is 10.4. The molecule has 0 bridgehead atoms. The van der Waals surface area contributed by atoms with Crippen LogP contribution in [0, 0.1) is 5.82 Å². The molecule has 0 radical (unpaired) electrons. The summed E-state index contributed by atoms with van der Waals surface area (Å²) in [6.45, 7) is 0. The monoisotopic (exact) mass is 203 g/mol. The average molecular weight is 203 g/mol. The summed E-state index contributed by atoms with van der Waals surface area (Å²) < 4.78 is 15.1. The molecule has 0 unspecified atom stereocenters. The van der Waals surface area contributed by atoms with Gasteiger partial charge in [0.25, 0.3) is 5.56 Å². The molecule has 2 nitrogen and oxygen atoms in total. The molecule has 76 valence electrons. The second kappa shape index (κ2) is 2.92. The van der Waals surface area contributed by atoms with Gasteiger partial charge < -0.3 is 4.57 Å². The smallest absolute Gasteiger partial charge is 0.261 e. The Morgan fingerprint density at radius 1 is 1.27 bits per heavy atom. The van der Waals surface area contributed by atoms with E-state index in [2.05, 4.69) is 0 Å². The molecule has 1 heterocycles. The van der Waals surface area contributed by atoms with E-state index >= 15 is 0 Å². The van der Waals surface area contributed by atoms with E-state index < -0.39 is 5.82 Å². The van der Waals surface area contributed by atoms with E-state index in [-0.39, 0.29) is 10.9 Å². The Labute approximate surface area is 86.0 Å². The molecule has 1 fully saturated rings. The Morgan fingerprint density at radius 2 is 2.07 bits per heavy atom. The first kappa shape index (κ1) is 8.65. The van der Waals surface area contributed by atoms with E-state index in [1.54, 1.807) is 29.0 Å². The molecule has 15 heavy (non-hydrogen) atoms. The van der Waals surface area contributed by atoms with E-state index in [0.29, 0.717) is 11.4 Å². The summed E-state index contributed by atoms with van der Waals surface area (Å²) in [4.78, 5) is 12.0. The second-order valence-corrected chi connectivity index (χ2v) is 3.96. The molecule has 1 aliphatic rings. The van der Waals surface area contributed by atoms with Crippen molar-refractivity contribution in [3.8, 4) is 0 Å². The maximum Gasteiger partial charge on any atom is 0.261 e. The zero-order valence-corrected chi connectivity index (χ0v) is 8.11. The molecular weight excluding hydrogens is 193 g/mol. The van der Waals surface area contributed by atoms with Gasteiger partial charge in [-0.15, -0.1) is 0 Å². The summed E-state index contributed by atoms with van der Waals surface area (Å²) in [6, 6.07) is 6.82. The van der Waals surface area contributed by atoms with Crippen LogP contribution in [0.25, 0.3) is 10.8 Å². The lowest BCUT2D eigenvalue weighted by molar-refractivity contribution is 0.633. The second-order valence-electron chi connectivity index (χ2n) is 3.96. The molecule has 1 aromatic heterocycles. The highest BCUT2D eigenvalue weighted by molar-refractivity contribution is 5.81. The fourth-order valence-electron chi connectivity index (χ4n) is 1.90. The first-order chi connectivity index (χ1) is 7.27. The Morgan fingerprint density at radius 3 is 2.80 bits per heavy atom. The Kier molecular flexibility index (Phi) is 1.69. The van der Waals surface area contributed by atoms with Gasteiger partial charge in [-0.2, -0.15) is 0 Å². The summed E-state index contributed by atoms with van der Waals surface area (Å²) in [5.74, 6) is -0.424. The molecule has 2 aromatic rings. The highest BCUT2D eigenvalue weighted by atomic mass is 19.1. The van der Waals surface area contributed by atoms with Crippen molar-refractivity contribution in [1.29, 1.82) is 0 Å². The van der Waals surface area contributed by atoms with Crippen molar-refractivity contribution in [2.45, 2.75) is 18.9 Å². The van der Waals surface area contributed by atoms with Crippen molar-refractivity contribution in [3.63, 3.8) is 0 Å². The zero-order valence-electron chi connectivity index (χ0n) is 8.11. The van der Waals surface area contributed by atoms with Crippen LogP contribution in [0.4, 0.5) is 4.39 Å². The average Bonchev–Trinajstić information content (AvgIpc) is 3.02. The van der Waals surface area contributed by atoms with Gasteiger partial charge >= 0.3 is 0 Å². The largest absolute Gasteiger partial charge is 0.312 e. The summed E-state index contributed by atoms with van der Waals surface area (Å²) in [7, 11) is 0. The molecule has 3 rings (SSSR count). The molecule has 1 aliphatic carbocycles. The van der Waals surface area contributed by atoms with Crippen LogP contribution >= 0.6 is 0 Å². The number of hydrogen-bond acceptors (Lipinski definition) is 1. The van der Waals surface area contributed by atoms with Crippen LogP contribution in [0.1, 0.15) is 18.9 Å². The molecule has 1 aromatic carbocycles. The minimum absolute atomic E-state index is 0.201. The quantitative estimate of drug-likeness (QED) is 0.697. The maximum atomic E-state index is 13.5. The van der Waals surface area contributed by atoms with Crippen LogP contribution in [0.2, 0.25) is 0 Å². The Bertz CT molecular complexity index is 584.